The van der Waals surface area contributed by atoms with Gasteiger partial charge in [-0.3, -0.25) is 9.78 Å². The molecule has 0 spiro atoms. The first-order valence-electron chi connectivity index (χ1n) is 8.65. The number of aryl methyl sites for hydroxylation is 1. The number of nitrogens with zero attached hydrogens (tertiary/aromatic N) is 5. The fourth-order valence-corrected chi connectivity index (χ4v) is 3.37. The number of hydrogen-bond donors (Lipinski definition) is 0. The van der Waals surface area contributed by atoms with Gasteiger partial charge in [0.25, 0.3) is 5.91 Å². The molecular formula is C19H19N5O2. The predicted molar refractivity (Wildman–Crippen MR) is 94.4 cm³/mol. The van der Waals surface area contributed by atoms with Gasteiger partial charge in [0.2, 0.25) is 0 Å². The number of hydrogen-bond acceptors (Lipinski definition) is 6. The SMILES string of the molecule is Cc1cc(-c2cncnc2C2CCN(C(=O)c3cccnc3)CC2)on1. The van der Waals surface area contributed by atoms with Crippen molar-refractivity contribution < 1.29 is 9.32 Å². The minimum Gasteiger partial charge on any atom is -0.356 e. The van der Waals surface area contributed by atoms with Gasteiger partial charge in [-0.1, -0.05) is 5.16 Å². The Bertz CT molecular complexity index is 901. The van der Waals surface area contributed by atoms with E-state index in [1.54, 1.807) is 37.1 Å². The lowest BCUT2D eigenvalue weighted by molar-refractivity contribution is 0.0711. The lowest BCUT2D eigenvalue weighted by atomic mass is 9.90. The second-order valence-electron chi connectivity index (χ2n) is 6.46. The second kappa shape index (κ2) is 7.03. The summed E-state index contributed by atoms with van der Waals surface area (Å²) >= 11 is 0. The summed E-state index contributed by atoms with van der Waals surface area (Å²) in [6.45, 7) is 3.27. The average Bonchev–Trinajstić information content (AvgIpc) is 3.14. The van der Waals surface area contributed by atoms with Gasteiger partial charge in [-0.25, -0.2) is 9.97 Å². The van der Waals surface area contributed by atoms with Crippen LogP contribution in [0.5, 0.6) is 0 Å². The van der Waals surface area contributed by atoms with E-state index >= 15 is 0 Å². The topological polar surface area (TPSA) is 85.0 Å². The normalized spacial score (nSPS) is 15.2. The molecule has 26 heavy (non-hydrogen) atoms. The molecule has 4 rings (SSSR count). The Morgan fingerprint density at radius 1 is 1.23 bits per heavy atom. The molecule has 1 aliphatic heterocycles. The lowest BCUT2D eigenvalue weighted by Gasteiger charge is -2.32. The van der Waals surface area contributed by atoms with Crippen LogP contribution in [0.25, 0.3) is 11.3 Å². The van der Waals surface area contributed by atoms with Crippen molar-refractivity contribution >= 4 is 5.91 Å². The van der Waals surface area contributed by atoms with Gasteiger partial charge in [0.15, 0.2) is 5.76 Å². The summed E-state index contributed by atoms with van der Waals surface area (Å²) in [6.07, 6.45) is 8.32. The number of carbonyl (C=O) groups is 1. The number of amides is 1. The molecule has 132 valence electrons. The molecule has 4 heterocycles. The van der Waals surface area contributed by atoms with E-state index in [1.807, 2.05) is 17.9 Å². The summed E-state index contributed by atoms with van der Waals surface area (Å²) in [7, 11) is 0. The molecule has 0 saturated carbocycles. The van der Waals surface area contributed by atoms with Crippen molar-refractivity contribution in [3.8, 4) is 11.3 Å². The van der Waals surface area contributed by atoms with E-state index in [1.165, 1.54) is 0 Å². The third kappa shape index (κ3) is 3.20. The summed E-state index contributed by atoms with van der Waals surface area (Å²) in [5, 5.41) is 3.96. The molecule has 3 aromatic rings. The maximum absolute atomic E-state index is 12.6. The zero-order valence-electron chi connectivity index (χ0n) is 14.5. The highest BCUT2D eigenvalue weighted by atomic mass is 16.5. The van der Waals surface area contributed by atoms with Gasteiger partial charge in [0.1, 0.15) is 6.33 Å². The first kappa shape index (κ1) is 16.4. The van der Waals surface area contributed by atoms with Crippen LogP contribution < -0.4 is 0 Å². The highest BCUT2D eigenvalue weighted by molar-refractivity contribution is 5.93. The molecule has 0 bridgehead atoms. The Kier molecular flexibility index (Phi) is 4.43. The molecule has 1 amide bonds. The highest BCUT2D eigenvalue weighted by Gasteiger charge is 2.27. The Morgan fingerprint density at radius 2 is 2.08 bits per heavy atom. The second-order valence-corrected chi connectivity index (χ2v) is 6.46. The quantitative estimate of drug-likeness (QED) is 0.723. The summed E-state index contributed by atoms with van der Waals surface area (Å²) in [4.78, 5) is 27.1. The monoisotopic (exact) mass is 349 g/mol. The van der Waals surface area contributed by atoms with Crippen LogP contribution in [0.4, 0.5) is 0 Å². The maximum atomic E-state index is 12.6. The standard InChI is InChI=1S/C19H19N5O2/c1-13-9-17(26-23-13)16-11-21-12-22-18(16)14-4-7-24(8-5-14)19(25)15-3-2-6-20-10-15/h2-3,6,9-12,14H,4-5,7-8H2,1H3. The number of likely N-dealkylation sites (tertiary alicyclic amines) is 1. The van der Waals surface area contributed by atoms with E-state index in [-0.39, 0.29) is 11.8 Å². The minimum absolute atomic E-state index is 0.0327. The van der Waals surface area contributed by atoms with Crippen LogP contribution in [0.15, 0.2) is 47.6 Å². The van der Waals surface area contributed by atoms with Crippen LogP contribution in [0.3, 0.4) is 0 Å². The largest absolute Gasteiger partial charge is 0.356 e. The summed E-state index contributed by atoms with van der Waals surface area (Å²) < 4.78 is 5.40. The highest BCUT2D eigenvalue weighted by Crippen LogP contribution is 2.33. The fourth-order valence-electron chi connectivity index (χ4n) is 3.37. The maximum Gasteiger partial charge on any atom is 0.255 e. The van der Waals surface area contributed by atoms with Gasteiger partial charge < -0.3 is 9.42 Å². The van der Waals surface area contributed by atoms with Crippen molar-refractivity contribution in [1.82, 2.24) is 25.0 Å². The van der Waals surface area contributed by atoms with Crippen molar-refractivity contribution in [2.24, 2.45) is 0 Å². The number of rotatable bonds is 3. The number of piperidine rings is 1. The van der Waals surface area contributed by atoms with E-state index in [0.29, 0.717) is 24.4 Å². The minimum atomic E-state index is 0.0327. The molecule has 0 atom stereocenters. The number of carbonyl (C=O) groups excluding carboxylic acids is 1. The Balaban J connectivity index is 1.50. The van der Waals surface area contributed by atoms with E-state index in [2.05, 4.69) is 20.1 Å². The molecule has 1 aliphatic rings. The van der Waals surface area contributed by atoms with Gasteiger partial charge in [-0.05, 0) is 31.9 Å². The number of pyridine rings is 1. The van der Waals surface area contributed by atoms with E-state index < -0.39 is 0 Å². The third-order valence-electron chi connectivity index (χ3n) is 4.71. The first-order chi connectivity index (χ1) is 12.7. The van der Waals surface area contributed by atoms with Crippen molar-refractivity contribution in [2.75, 3.05) is 13.1 Å². The van der Waals surface area contributed by atoms with E-state index in [4.69, 9.17) is 4.52 Å². The average molecular weight is 349 g/mol. The molecule has 0 unspecified atom stereocenters. The number of aromatic nitrogens is 4. The Labute approximate surface area is 151 Å². The molecule has 0 radical (unpaired) electrons. The summed E-state index contributed by atoms with van der Waals surface area (Å²) in [5.41, 5.74) is 3.30. The van der Waals surface area contributed by atoms with Crippen LogP contribution in [-0.4, -0.2) is 44.0 Å². The molecule has 0 N–H and O–H groups in total. The van der Waals surface area contributed by atoms with Crippen molar-refractivity contribution in [3.63, 3.8) is 0 Å². The van der Waals surface area contributed by atoms with Crippen molar-refractivity contribution in [2.45, 2.75) is 25.7 Å². The molecule has 3 aromatic heterocycles. The smallest absolute Gasteiger partial charge is 0.255 e. The van der Waals surface area contributed by atoms with Gasteiger partial charge in [0.05, 0.1) is 22.5 Å². The van der Waals surface area contributed by atoms with Crippen molar-refractivity contribution in [1.29, 1.82) is 0 Å². The molecule has 7 heteroatoms. The Hall–Kier alpha value is -3.09. The van der Waals surface area contributed by atoms with Crippen LogP contribution in [-0.2, 0) is 0 Å². The van der Waals surface area contributed by atoms with Gasteiger partial charge in [-0.2, -0.15) is 0 Å². The summed E-state index contributed by atoms with van der Waals surface area (Å²) in [6, 6.07) is 5.48. The van der Waals surface area contributed by atoms with Crippen LogP contribution in [0, 0.1) is 6.92 Å². The predicted octanol–water partition coefficient (Wildman–Crippen LogP) is 2.85. The summed E-state index contributed by atoms with van der Waals surface area (Å²) in [5.74, 6) is 0.980. The van der Waals surface area contributed by atoms with Crippen LogP contribution >= 0.6 is 0 Å². The molecular weight excluding hydrogens is 330 g/mol. The molecule has 0 aromatic carbocycles. The van der Waals surface area contributed by atoms with Gasteiger partial charge in [0, 0.05) is 43.7 Å². The van der Waals surface area contributed by atoms with Crippen LogP contribution in [0.1, 0.15) is 40.5 Å². The van der Waals surface area contributed by atoms with Gasteiger partial charge in [-0.15, -0.1) is 0 Å². The van der Waals surface area contributed by atoms with E-state index in [0.717, 1.165) is 29.8 Å². The molecule has 1 saturated heterocycles. The Morgan fingerprint density at radius 3 is 2.77 bits per heavy atom. The fraction of sp³-hybridized carbons (Fsp3) is 0.316. The lowest BCUT2D eigenvalue weighted by Crippen LogP contribution is -2.38. The first-order valence-corrected chi connectivity index (χ1v) is 8.65. The molecule has 1 fully saturated rings. The van der Waals surface area contributed by atoms with E-state index in [9.17, 15) is 4.79 Å². The molecule has 0 aliphatic carbocycles. The molecule has 7 nitrogen and oxygen atoms in total. The van der Waals surface area contributed by atoms with Crippen molar-refractivity contribution in [3.05, 3.63) is 60.1 Å². The van der Waals surface area contributed by atoms with Crippen LogP contribution in [0.2, 0.25) is 0 Å². The zero-order valence-corrected chi connectivity index (χ0v) is 14.5. The zero-order chi connectivity index (χ0) is 17.9. The van der Waals surface area contributed by atoms with Gasteiger partial charge >= 0.3 is 0 Å². The third-order valence-corrected chi connectivity index (χ3v) is 4.71.